The van der Waals surface area contributed by atoms with Crippen LogP contribution in [-0.2, 0) is 14.8 Å². The number of amides is 1. The highest BCUT2D eigenvalue weighted by Crippen LogP contribution is 2.33. The van der Waals surface area contributed by atoms with Gasteiger partial charge in [-0.1, -0.05) is 79.2 Å². The molecule has 0 radical (unpaired) electrons. The first-order valence-corrected chi connectivity index (χ1v) is 18.6. The monoisotopic (exact) mass is 680 g/mol. The van der Waals surface area contributed by atoms with Crippen molar-refractivity contribution in [3.8, 4) is 17.1 Å². The predicted octanol–water partition coefficient (Wildman–Crippen LogP) is 8.46. The molecule has 1 N–H and O–H groups in total. The third kappa shape index (κ3) is 9.78. The Morgan fingerprint density at radius 2 is 1.71 bits per heavy atom. The number of nitrogens with zero attached hydrogens (tertiary/aromatic N) is 3. The van der Waals surface area contributed by atoms with Crippen LogP contribution < -0.4 is 9.46 Å². The second kappa shape index (κ2) is 15.4. The van der Waals surface area contributed by atoms with Crippen molar-refractivity contribution in [1.29, 1.82) is 0 Å². The summed E-state index contributed by atoms with van der Waals surface area (Å²) in [7, 11) is -4.12. The number of rotatable bonds is 5. The van der Waals surface area contributed by atoms with E-state index in [1.165, 1.54) is 18.6 Å². The zero-order valence-electron chi connectivity index (χ0n) is 30.2. The smallest absolute Gasteiger partial charge is 0.264 e. The van der Waals surface area contributed by atoms with E-state index in [0.717, 1.165) is 29.5 Å². The summed E-state index contributed by atoms with van der Waals surface area (Å²) >= 11 is 0. The molecule has 1 aromatic heterocycles. The second-order valence-corrected chi connectivity index (χ2v) is 16.9. The van der Waals surface area contributed by atoms with Crippen LogP contribution in [0.1, 0.15) is 103 Å². The van der Waals surface area contributed by atoms with Crippen LogP contribution in [0, 0.1) is 24.7 Å². The summed E-state index contributed by atoms with van der Waals surface area (Å²) in [5.41, 5.74) is 3.74. The minimum absolute atomic E-state index is 0. The van der Waals surface area contributed by atoms with Gasteiger partial charge in [-0.3, -0.25) is 4.79 Å². The molecule has 48 heavy (non-hydrogen) atoms. The van der Waals surface area contributed by atoms with Gasteiger partial charge in [0.15, 0.2) is 0 Å². The van der Waals surface area contributed by atoms with Crippen LogP contribution >= 0.6 is 0 Å². The standard InChI is InChI=1S/C35H46N4O5S.C3H8.H2/c1-23-10-8-11-24(2)31(23)29-19-30-37-33(36-29)38-45(41,42)28-13-9-12-25(18-28)32(40)39(26(21-43-30)20-34(3,4)5)17-15-27-14-16-35(6,7)22-44-27;1-3-2;/h8-13,18-19,26-27H,14-17,20-22H2,1-7H3,(H,36,37,38);3H2,1-2H3;1H/t26-,27?;;/m1../s1. The molecule has 264 valence electrons. The highest BCUT2D eigenvalue weighted by atomic mass is 32.2. The molecule has 3 aromatic rings. The fraction of sp³-hybridized carbons (Fsp3) is 0.553. The number of hydrogen-bond acceptors (Lipinski definition) is 7. The van der Waals surface area contributed by atoms with Gasteiger partial charge in [-0.25, -0.2) is 18.1 Å². The number of sulfonamides is 1. The van der Waals surface area contributed by atoms with E-state index >= 15 is 0 Å². The zero-order chi connectivity index (χ0) is 35.3. The number of carbonyl (C=O) groups excluding carboxylic acids is 1. The van der Waals surface area contributed by atoms with E-state index in [1.807, 2.05) is 36.9 Å². The molecule has 1 unspecified atom stereocenters. The molecule has 10 heteroatoms. The maximum atomic E-state index is 14.3. The van der Waals surface area contributed by atoms with Gasteiger partial charge in [-0.15, -0.1) is 0 Å². The molecule has 2 aromatic carbocycles. The van der Waals surface area contributed by atoms with Crippen LogP contribution in [0.5, 0.6) is 5.88 Å². The Morgan fingerprint density at radius 3 is 2.33 bits per heavy atom. The van der Waals surface area contributed by atoms with Crippen molar-refractivity contribution in [3.63, 3.8) is 0 Å². The first-order chi connectivity index (χ1) is 22.5. The zero-order valence-corrected chi connectivity index (χ0v) is 31.0. The van der Waals surface area contributed by atoms with E-state index in [2.05, 4.69) is 63.2 Å². The fourth-order valence-corrected chi connectivity index (χ4v) is 7.18. The van der Waals surface area contributed by atoms with E-state index < -0.39 is 10.0 Å². The number of nitrogens with one attached hydrogen (secondary N) is 1. The lowest BCUT2D eigenvalue weighted by molar-refractivity contribution is -0.0552. The lowest BCUT2D eigenvalue weighted by atomic mass is 9.84. The number of benzene rings is 2. The molecule has 0 spiro atoms. The number of ether oxygens (including phenoxy) is 2. The molecule has 1 amide bonds. The summed E-state index contributed by atoms with van der Waals surface area (Å²) < 4.78 is 42.3. The third-order valence-electron chi connectivity index (χ3n) is 8.57. The van der Waals surface area contributed by atoms with Gasteiger partial charge in [0.1, 0.15) is 6.61 Å². The van der Waals surface area contributed by atoms with Gasteiger partial charge >= 0.3 is 0 Å². The average Bonchev–Trinajstić information content (AvgIpc) is 2.99. The number of aromatic nitrogens is 2. The molecule has 0 aliphatic carbocycles. The summed E-state index contributed by atoms with van der Waals surface area (Å²) in [5, 5.41) is 0. The van der Waals surface area contributed by atoms with E-state index in [9.17, 15) is 13.2 Å². The van der Waals surface area contributed by atoms with Crippen LogP contribution in [-0.4, -0.2) is 61.1 Å². The largest absolute Gasteiger partial charge is 0.475 e. The van der Waals surface area contributed by atoms with E-state index in [0.29, 0.717) is 37.3 Å². The molecule has 0 saturated carbocycles. The van der Waals surface area contributed by atoms with Gasteiger partial charge in [0.2, 0.25) is 11.8 Å². The Balaban J connectivity index is 0.00000157. The van der Waals surface area contributed by atoms with Gasteiger partial charge < -0.3 is 14.4 Å². The Morgan fingerprint density at radius 1 is 1.04 bits per heavy atom. The molecular weight excluding hydrogens is 625 g/mol. The van der Waals surface area contributed by atoms with E-state index in [-0.39, 0.29) is 53.6 Å². The first kappa shape index (κ1) is 37.3. The summed E-state index contributed by atoms with van der Waals surface area (Å²) in [4.78, 5) is 25.2. The molecule has 2 aliphatic heterocycles. The molecule has 9 nitrogen and oxygen atoms in total. The minimum atomic E-state index is -4.12. The summed E-state index contributed by atoms with van der Waals surface area (Å²) in [5.74, 6) is -0.104. The van der Waals surface area contributed by atoms with Crippen molar-refractivity contribution in [1.82, 2.24) is 14.9 Å². The van der Waals surface area contributed by atoms with Gasteiger partial charge in [-0.05, 0) is 79.7 Å². The lowest BCUT2D eigenvalue weighted by Crippen LogP contribution is -2.47. The van der Waals surface area contributed by atoms with Crippen LogP contribution in [0.4, 0.5) is 5.95 Å². The van der Waals surface area contributed by atoms with Gasteiger partial charge in [0.25, 0.3) is 15.9 Å². The van der Waals surface area contributed by atoms with Crippen molar-refractivity contribution < 1.29 is 24.1 Å². The molecule has 4 bridgehead atoms. The summed E-state index contributed by atoms with van der Waals surface area (Å²) in [6.45, 7) is 20.4. The Hall–Kier alpha value is -3.50. The third-order valence-corrected chi connectivity index (χ3v) is 9.90. The number of anilines is 1. The lowest BCUT2D eigenvalue weighted by Gasteiger charge is -2.38. The quantitative estimate of drug-likeness (QED) is 0.288. The molecule has 2 atom stereocenters. The van der Waals surface area contributed by atoms with Crippen LogP contribution in [0.15, 0.2) is 53.4 Å². The molecule has 1 saturated heterocycles. The summed E-state index contributed by atoms with van der Waals surface area (Å²) in [6.07, 6.45) is 4.63. The number of hydrogen-bond donors (Lipinski definition) is 1. The maximum absolute atomic E-state index is 14.3. The van der Waals surface area contributed by atoms with Gasteiger partial charge in [0.05, 0.1) is 29.3 Å². The van der Waals surface area contributed by atoms with Crippen molar-refractivity contribution in [2.45, 2.75) is 111 Å². The van der Waals surface area contributed by atoms with Crippen molar-refractivity contribution in [3.05, 3.63) is 65.2 Å². The van der Waals surface area contributed by atoms with Crippen molar-refractivity contribution in [2.24, 2.45) is 10.8 Å². The van der Waals surface area contributed by atoms with E-state index in [1.54, 1.807) is 18.2 Å². The Kier molecular flexibility index (Phi) is 11.9. The second-order valence-electron chi connectivity index (χ2n) is 15.2. The van der Waals surface area contributed by atoms with Gasteiger partial charge in [0, 0.05) is 25.2 Å². The molecular formula is C38H56N4O5S. The molecule has 2 aliphatic rings. The SMILES string of the molecule is CCC.Cc1cccc(C)c1-c1cc2nc(n1)NS(=O)(=O)c1cccc(c1)C(=O)N(CCC1CCC(C)(C)CO1)[C@H](CC(C)(C)C)CO2.[HH]. The highest BCUT2D eigenvalue weighted by Gasteiger charge is 2.33. The fourth-order valence-electron chi connectivity index (χ4n) is 6.19. The van der Waals surface area contributed by atoms with Crippen LogP contribution in [0.25, 0.3) is 11.3 Å². The highest BCUT2D eigenvalue weighted by molar-refractivity contribution is 7.92. The first-order valence-electron chi connectivity index (χ1n) is 17.2. The summed E-state index contributed by atoms with van der Waals surface area (Å²) in [6, 6.07) is 13.5. The minimum Gasteiger partial charge on any atom is -0.475 e. The van der Waals surface area contributed by atoms with Crippen molar-refractivity contribution >= 4 is 21.9 Å². The number of carbonyl (C=O) groups is 1. The molecule has 1 fully saturated rings. The van der Waals surface area contributed by atoms with Crippen molar-refractivity contribution in [2.75, 3.05) is 24.5 Å². The number of aryl methyl sites for hydroxylation is 2. The number of fused-ring (bicyclic) bond motifs is 4. The molecule has 5 rings (SSSR count). The topological polar surface area (TPSA) is 111 Å². The van der Waals surface area contributed by atoms with Crippen LogP contribution in [0.3, 0.4) is 0 Å². The normalized spacial score (nSPS) is 20.5. The maximum Gasteiger partial charge on any atom is 0.264 e. The van der Waals surface area contributed by atoms with Gasteiger partial charge in [-0.2, -0.15) is 4.98 Å². The Labute approximate surface area is 289 Å². The van der Waals surface area contributed by atoms with E-state index in [4.69, 9.17) is 9.47 Å². The predicted molar refractivity (Wildman–Crippen MR) is 194 cm³/mol. The Bertz CT molecular complexity index is 1660. The van der Waals surface area contributed by atoms with Crippen LogP contribution in [0.2, 0.25) is 0 Å². The average molecular weight is 681 g/mol. The molecule has 3 heterocycles.